The molecule has 4 heteroatoms. The number of amides is 1. The van der Waals surface area contributed by atoms with Gasteiger partial charge in [-0.1, -0.05) is 79.8 Å². The van der Waals surface area contributed by atoms with Gasteiger partial charge in [0.2, 0.25) is 5.91 Å². The fraction of sp³-hybridized carbons (Fsp3) is 0.462. The maximum Gasteiger partial charge on any atom is 0.328 e. The van der Waals surface area contributed by atoms with Crippen molar-refractivity contribution in [2.45, 2.75) is 71.3 Å². The molecule has 1 N–H and O–H groups in total. The van der Waals surface area contributed by atoms with Gasteiger partial charge in [-0.2, -0.15) is 0 Å². The van der Waals surface area contributed by atoms with Gasteiger partial charge in [0, 0.05) is 6.42 Å². The molecule has 0 aliphatic heterocycles. The predicted octanol–water partition coefficient (Wildman–Crippen LogP) is 6.14. The highest BCUT2D eigenvalue weighted by Gasteiger charge is 2.14. The van der Waals surface area contributed by atoms with E-state index in [-0.39, 0.29) is 5.91 Å². The van der Waals surface area contributed by atoms with E-state index in [0.29, 0.717) is 12.8 Å². The normalized spacial score (nSPS) is 13.6. The molecule has 166 valence electrons. The average Bonchev–Trinajstić information content (AvgIpc) is 2.74. The molecule has 4 nitrogen and oxygen atoms in total. The Morgan fingerprint density at radius 1 is 0.733 bits per heavy atom. The highest BCUT2D eigenvalue weighted by atomic mass is 16.5. The molecule has 1 unspecified atom stereocenters. The topological polar surface area (TPSA) is 55.4 Å². The summed E-state index contributed by atoms with van der Waals surface area (Å²) < 4.78 is 4.57. The van der Waals surface area contributed by atoms with Crippen molar-refractivity contribution >= 4 is 11.9 Å². The van der Waals surface area contributed by atoms with Crippen LogP contribution < -0.4 is 5.32 Å². The van der Waals surface area contributed by atoms with Crippen LogP contribution in [0.4, 0.5) is 0 Å². The number of ether oxygens (including phenoxy) is 1. The molecule has 0 aliphatic rings. The van der Waals surface area contributed by atoms with E-state index in [4.69, 9.17) is 0 Å². The Kier molecular flexibility index (Phi) is 19.3. The van der Waals surface area contributed by atoms with Crippen molar-refractivity contribution < 1.29 is 14.3 Å². The third-order valence-corrected chi connectivity index (χ3v) is 4.07. The molecule has 0 aliphatic carbocycles. The number of rotatable bonds is 16. The number of methoxy groups -OCH3 is 1. The molecule has 1 amide bonds. The summed E-state index contributed by atoms with van der Waals surface area (Å²) in [7, 11) is 1.31. The largest absolute Gasteiger partial charge is 0.467 e. The zero-order valence-electron chi connectivity index (χ0n) is 18.9. The summed E-state index contributed by atoms with van der Waals surface area (Å²) in [4.78, 5) is 22.9. The predicted molar refractivity (Wildman–Crippen MR) is 127 cm³/mol. The van der Waals surface area contributed by atoms with Gasteiger partial charge in [-0.15, -0.1) is 0 Å². The summed E-state index contributed by atoms with van der Waals surface area (Å²) in [6.45, 7) is 3.76. The van der Waals surface area contributed by atoms with E-state index < -0.39 is 12.0 Å². The fourth-order valence-corrected chi connectivity index (χ4v) is 2.40. The number of esters is 1. The molecule has 0 aromatic heterocycles. The number of carbonyl (C=O) groups excluding carboxylic acids is 2. The zero-order chi connectivity index (χ0) is 22.3. The smallest absolute Gasteiger partial charge is 0.328 e. The second-order valence-corrected chi connectivity index (χ2v) is 6.77. The van der Waals surface area contributed by atoms with Gasteiger partial charge in [0.15, 0.2) is 0 Å². The lowest BCUT2D eigenvalue weighted by Gasteiger charge is -2.10. The van der Waals surface area contributed by atoms with Gasteiger partial charge in [0.25, 0.3) is 0 Å². The van der Waals surface area contributed by atoms with Gasteiger partial charge in [-0.05, 0) is 51.9 Å². The molecule has 0 fully saturated rings. The van der Waals surface area contributed by atoms with E-state index in [0.717, 1.165) is 38.5 Å². The Balaban J connectivity index is 3.67. The standard InChI is InChI=1S/C26H39NO3/c1-4-5-6-7-8-9-10-11-12-13-14-15-16-17-18-19-20-21-22-23-25(28)27-24(2)26(29)30-3/h5-6,8-9,11-12,14-15,17-18,20-21,24H,4,7,10,13,16,19,22-23H2,1-3H3,(H,27,28)/b6-5-,9-8-,12-11-,15-14-,18-17-,21-20-. The molecule has 1 atom stereocenters. The first-order valence-corrected chi connectivity index (χ1v) is 10.9. The van der Waals surface area contributed by atoms with Crippen molar-refractivity contribution in [1.82, 2.24) is 5.32 Å². The third kappa shape index (κ3) is 18.7. The highest BCUT2D eigenvalue weighted by Crippen LogP contribution is 1.98. The lowest BCUT2D eigenvalue weighted by Crippen LogP contribution is -2.38. The number of hydrogen-bond acceptors (Lipinski definition) is 3. The van der Waals surface area contributed by atoms with Gasteiger partial charge < -0.3 is 10.1 Å². The van der Waals surface area contributed by atoms with E-state index in [9.17, 15) is 9.59 Å². The minimum Gasteiger partial charge on any atom is -0.467 e. The number of allylic oxidation sites excluding steroid dienone is 12. The summed E-state index contributed by atoms with van der Waals surface area (Å²) in [5, 5.41) is 2.61. The van der Waals surface area contributed by atoms with Crippen molar-refractivity contribution in [2.24, 2.45) is 0 Å². The Labute approximate surface area is 183 Å². The number of carbonyl (C=O) groups is 2. The van der Waals surface area contributed by atoms with E-state index in [2.05, 4.69) is 77.7 Å². The van der Waals surface area contributed by atoms with Gasteiger partial charge in [0.05, 0.1) is 7.11 Å². The quantitative estimate of drug-likeness (QED) is 0.244. The summed E-state index contributed by atoms with van der Waals surface area (Å²) in [6, 6.07) is -0.604. The van der Waals surface area contributed by atoms with Gasteiger partial charge >= 0.3 is 5.97 Å². The van der Waals surface area contributed by atoms with Crippen LogP contribution in [0.3, 0.4) is 0 Å². The SMILES string of the molecule is CC/C=C\C/C=C\C/C=C\C/C=C\C/C=C\C/C=C\CCC(=O)NC(C)C(=O)OC. The lowest BCUT2D eigenvalue weighted by atomic mass is 10.2. The van der Waals surface area contributed by atoms with Gasteiger partial charge in [-0.25, -0.2) is 4.79 Å². The first-order chi connectivity index (χ1) is 14.6. The lowest BCUT2D eigenvalue weighted by molar-refractivity contribution is -0.144. The van der Waals surface area contributed by atoms with Crippen LogP contribution in [0.15, 0.2) is 72.9 Å². The zero-order valence-corrected chi connectivity index (χ0v) is 18.9. The van der Waals surface area contributed by atoms with Crippen molar-refractivity contribution in [3.05, 3.63) is 72.9 Å². The highest BCUT2D eigenvalue weighted by molar-refractivity contribution is 5.84. The molecule has 0 aromatic carbocycles. The van der Waals surface area contributed by atoms with Crippen LogP contribution in [-0.4, -0.2) is 25.0 Å². The van der Waals surface area contributed by atoms with Crippen LogP contribution in [0.2, 0.25) is 0 Å². The monoisotopic (exact) mass is 413 g/mol. The van der Waals surface area contributed by atoms with Crippen LogP contribution in [0.1, 0.15) is 65.2 Å². The Hall–Kier alpha value is -2.62. The maximum atomic E-state index is 11.7. The van der Waals surface area contributed by atoms with Crippen LogP contribution in [-0.2, 0) is 14.3 Å². The first-order valence-electron chi connectivity index (χ1n) is 10.9. The maximum absolute atomic E-state index is 11.7. The van der Waals surface area contributed by atoms with E-state index in [1.807, 2.05) is 12.2 Å². The molecule has 0 spiro atoms. The van der Waals surface area contributed by atoms with Crippen LogP contribution >= 0.6 is 0 Å². The molecule has 0 rings (SSSR count). The van der Waals surface area contributed by atoms with Crippen LogP contribution in [0, 0.1) is 0 Å². The molecular weight excluding hydrogens is 374 g/mol. The second-order valence-electron chi connectivity index (χ2n) is 6.77. The van der Waals surface area contributed by atoms with E-state index in [1.54, 1.807) is 6.92 Å². The third-order valence-electron chi connectivity index (χ3n) is 4.07. The summed E-state index contributed by atoms with van der Waals surface area (Å²) >= 11 is 0. The van der Waals surface area contributed by atoms with Crippen molar-refractivity contribution in [3.8, 4) is 0 Å². The molecule has 30 heavy (non-hydrogen) atoms. The van der Waals surface area contributed by atoms with Crippen molar-refractivity contribution in [1.29, 1.82) is 0 Å². The van der Waals surface area contributed by atoms with Crippen LogP contribution in [0.5, 0.6) is 0 Å². The molecular formula is C26H39NO3. The Morgan fingerprint density at radius 3 is 1.53 bits per heavy atom. The van der Waals surface area contributed by atoms with Gasteiger partial charge in [-0.3, -0.25) is 4.79 Å². The molecule has 0 heterocycles. The summed E-state index contributed by atoms with van der Waals surface area (Å²) in [6.07, 6.45) is 32.7. The minimum absolute atomic E-state index is 0.146. The molecule has 0 aromatic rings. The van der Waals surface area contributed by atoms with E-state index in [1.165, 1.54) is 7.11 Å². The minimum atomic E-state index is -0.604. The van der Waals surface area contributed by atoms with E-state index >= 15 is 0 Å². The van der Waals surface area contributed by atoms with Crippen LogP contribution in [0.25, 0.3) is 0 Å². The molecule has 0 bridgehead atoms. The Bertz CT molecular complexity index is 624. The molecule has 0 radical (unpaired) electrons. The number of hydrogen-bond donors (Lipinski definition) is 1. The number of nitrogens with one attached hydrogen (secondary N) is 1. The summed E-state index contributed by atoms with van der Waals surface area (Å²) in [5.41, 5.74) is 0. The molecule has 0 saturated carbocycles. The van der Waals surface area contributed by atoms with Crippen molar-refractivity contribution in [3.63, 3.8) is 0 Å². The van der Waals surface area contributed by atoms with Crippen molar-refractivity contribution in [2.75, 3.05) is 7.11 Å². The second kappa shape index (κ2) is 21.1. The Morgan fingerprint density at radius 2 is 1.13 bits per heavy atom. The summed E-state index contributed by atoms with van der Waals surface area (Å²) in [5.74, 6) is -0.579. The first kappa shape index (κ1) is 27.4. The van der Waals surface area contributed by atoms with Gasteiger partial charge in [0.1, 0.15) is 6.04 Å². The average molecular weight is 414 g/mol. The molecule has 0 saturated heterocycles. The fourth-order valence-electron chi connectivity index (χ4n) is 2.40.